The van der Waals surface area contributed by atoms with Crippen molar-refractivity contribution in [2.45, 2.75) is 50.1 Å². The lowest BCUT2D eigenvalue weighted by molar-refractivity contribution is -0.128. The molecule has 0 spiro atoms. The molecule has 1 atom stereocenters. The Bertz CT molecular complexity index is 874. The second kappa shape index (κ2) is 14.6. The summed E-state index contributed by atoms with van der Waals surface area (Å²) >= 11 is 0. The van der Waals surface area contributed by atoms with Crippen molar-refractivity contribution < 1.29 is 23.1 Å². The Morgan fingerprint density at radius 3 is 2.29 bits per heavy atom. The molecule has 0 aliphatic carbocycles. The fraction of sp³-hybridized carbons (Fsp3) is 0.696. The highest BCUT2D eigenvalue weighted by molar-refractivity contribution is 7.91. The molecule has 2 aliphatic heterocycles. The van der Waals surface area contributed by atoms with Crippen molar-refractivity contribution in [3.8, 4) is 0 Å². The summed E-state index contributed by atoms with van der Waals surface area (Å²) in [6.07, 6.45) is 2.63. The van der Waals surface area contributed by atoms with Crippen LogP contribution >= 0.6 is 24.8 Å². The summed E-state index contributed by atoms with van der Waals surface area (Å²) in [7, 11) is -2.57. The van der Waals surface area contributed by atoms with Gasteiger partial charge in [0.2, 0.25) is 15.9 Å². The minimum absolute atomic E-state index is 0. The molecule has 1 amide bonds. The van der Waals surface area contributed by atoms with Crippen LogP contribution in [0.15, 0.2) is 24.3 Å². The summed E-state index contributed by atoms with van der Waals surface area (Å²) in [6, 6.07) is 8.52. The number of sulfonamides is 1. The predicted octanol–water partition coefficient (Wildman–Crippen LogP) is 1.53. The third-order valence-corrected chi connectivity index (χ3v) is 9.35. The summed E-state index contributed by atoms with van der Waals surface area (Å²) in [5, 5.41) is 15.4. The first-order valence-corrected chi connectivity index (χ1v) is 13.3. The number of aliphatic hydroxyl groups is 1. The Morgan fingerprint density at radius 2 is 1.74 bits per heavy atom. The molecule has 9 nitrogen and oxygen atoms in total. The van der Waals surface area contributed by atoms with Crippen LogP contribution in [0.3, 0.4) is 0 Å². The molecule has 1 unspecified atom stereocenters. The zero-order valence-electron chi connectivity index (χ0n) is 20.6. The lowest BCUT2D eigenvalue weighted by atomic mass is 9.96. The van der Waals surface area contributed by atoms with Crippen LogP contribution in [0.25, 0.3) is 0 Å². The Morgan fingerprint density at radius 1 is 1.14 bits per heavy atom. The topological polar surface area (TPSA) is 111 Å². The maximum absolute atomic E-state index is 13.7. The number of hydrogen-bond donors (Lipinski definition) is 3. The van der Waals surface area contributed by atoms with Crippen molar-refractivity contribution in [2.75, 3.05) is 57.8 Å². The molecule has 3 N–H and O–H groups in total. The third-order valence-electron chi connectivity index (χ3n) is 6.73. The zero-order chi connectivity index (χ0) is 23.9. The normalized spacial score (nSPS) is 19.2. The summed E-state index contributed by atoms with van der Waals surface area (Å²) in [5.41, 5.74) is 2.41. The van der Waals surface area contributed by atoms with Crippen LogP contribution in [0.5, 0.6) is 0 Å². The van der Waals surface area contributed by atoms with Crippen LogP contribution in [0.4, 0.5) is 5.69 Å². The van der Waals surface area contributed by atoms with Gasteiger partial charge in [-0.15, -0.1) is 24.8 Å². The van der Waals surface area contributed by atoms with E-state index in [0.717, 1.165) is 12.1 Å². The number of piperazine rings is 1. The van der Waals surface area contributed by atoms with Crippen molar-refractivity contribution in [1.29, 1.82) is 0 Å². The van der Waals surface area contributed by atoms with Crippen molar-refractivity contribution in [1.82, 2.24) is 14.9 Å². The van der Waals surface area contributed by atoms with Gasteiger partial charge >= 0.3 is 0 Å². The Balaban J connectivity index is 0.00000306. The number of unbranched alkanes of at least 4 members (excludes halogenated alkanes) is 1. The summed E-state index contributed by atoms with van der Waals surface area (Å²) in [6.45, 7) is 4.75. The van der Waals surface area contributed by atoms with E-state index < -0.39 is 27.0 Å². The molecule has 2 aliphatic rings. The molecule has 2 saturated heterocycles. The highest BCUT2D eigenvalue weighted by Crippen LogP contribution is 2.32. The maximum atomic E-state index is 13.7. The molecular formula is C23H40Cl2N4O5S. The number of ether oxygens (including phenoxy) is 1. The number of hydrogen-bond acceptors (Lipinski definition) is 7. The van der Waals surface area contributed by atoms with E-state index >= 15 is 0 Å². The average molecular weight is 556 g/mol. The molecule has 0 bridgehead atoms. The van der Waals surface area contributed by atoms with Crippen molar-refractivity contribution >= 4 is 46.4 Å². The van der Waals surface area contributed by atoms with E-state index in [1.54, 1.807) is 0 Å². The van der Waals surface area contributed by atoms with Crippen molar-refractivity contribution in [3.63, 3.8) is 0 Å². The van der Waals surface area contributed by atoms with Crippen LogP contribution in [-0.2, 0) is 26.0 Å². The van der Waals surface area contributed by atoms with Gasteiger partial charge in [-0.2, -0.15) is 4.31 Å². The molecule has 202 valence electrons. The van der Waals surface area contributed by atoms with Crippen LogP contribution in [0.2, 0.25) is 0 Å². The molecule has 3 rings (SSSR count). The minimum atomic E-state index is -3.89. The van der Waals surface area contributed by atoms with E-state index in [1.165, 1.54) is 29.8 Å². The standard InChI is InChI=1S/C23H38N4O5S.2ClH/c1-3-4-5-19-6-8-20(9-7-19)26-14-16-27(17-15-26)33(30,31)23(10-12-24-13-11-23)22(29)25-18-21(28)32-2;;/h6-9,21,24,28H,3-5,10-18H2,1-2H3,(H,25,29);2*1H. The minimum Gasteiger partial charge on any atom is -0.369 e. The number of aryl methyl sites for hydroxylation is 1. The maximum Gasteiger partial charge on any atom is 0.243 e. The largest absolute Gasteiger partial charge is 0.369 e. The van der Waals surface area contributed by atoms with Gasteiger partial charge in [-0.3, -0.25) is 4.79 Å². The number of methoxy groups -OCH3 is 1. The fourth-order valence-electron chi connectivity index (χ4n) is 4.55. The molecule has 0 aromatic heterocycles. The number of aliphatic hydroxyl groups excluding tert-OH is 1. The van der Waals surface area contributed by atoms with Crippen molar-refractivity contribution in [2.24, 2.45) is 0 Å². The van der Waals surface area contributed by atoms with Crippen LogP contribution in [-0.4, -0.2) is 87.7 Å². The quantitative estimate of drug-likeness (QED) is 0.376. The van der Waals surface area contributed by atoms with Crippen molar-refractivity contribution in [3.05, 3.63) is 29.8 Å². The number of anilines is 1. The fourth-order valence-corrected chi connectivity index (χ4v) is 6.71. The van der Waals surface area contributed by atoms with E-state index in [1.807, 2.05) is 0 Å². The number of carbonyl (C=O) groups excluding carboxylic acids is 1. The van der Waals surface area contributed by atoms with Gasteiger partial charge in [-0.25, -0.2) is 8.42 Å². The second-order valence-electron chi connectivity index (χ2n) is 8.81. The Kier molecular flexibility index (Phi) is 13.3. The van der Waals surface area contributed by atoms with Gasteiger partial charge in [0.1, 0.15) is 0 Å². The van der Waals surface area contributed by atoms with Crippen LogP contribution < -0.4 is 15.5 Å². The van der Waals surface area contributed by atoms with Gasteiger partial charge in [-0.1, -0.05) is 25.5 Å². The van der Waals surface area contributed by atoms with Gasteiger partial charge in [0.15, 0.2) is 11.0 Å². The van der Waals surface area contributed by atoms with E-state index in [4.69, 9.17) is 4.74 Å². The average Bonchev–Trinajstić information content (AvgIpc) is 2.86. The number of piperidine rings is 1. The number of nitrogens with zero attached hydrogens (tertiary/aromatic N) is 2. The van der Waals surface area contributed by atoms with Gasteiger partial charge in [0, 0.05) is 39.0 Å². The Hall–Kier alpha value is -1.14. The summed E-state index contributed by atoms with van der Waals surface area (Å²) in [4.78, 5) is 15.3. The van der Waals surface area contributed by atoms with Gasteiger partial charge < -0.3 is 25.4 Å². The lowest BCUT2D eigenvalue weighted by Crippen LogP contribution is -2.64. The first-order valence-electron chi connectivity index (χ1n) is 11.9. The molecule has 2 fully saturated rings. The Labute approximate surface area is 221 Å². The van der Waals surface area contributed by atoms with Gasteiger partial charge in [0.25, 0.3) is 0 Å². The smallest absolute Gasteiger partial charge is 0.243 e. The highest BCUT2D eigenvalue weighted by atomic mass is 35.5. The van der Waals surface area contributed by atoms with Gasteiger partial charge in [-0.05, 0) is 56.5 Å². The highest BCUT2D eigenvalue weighted by Gasteiger charge is 2.54. The molecule has 0 saturated carbocycles. The first-order chi connectivity index (χ1) is 15.8. The SMILES string of the molecule is CCCCc1ccc(N2CCN(S(=O)(=O)C3(C(=O)NCC(O)OC)CCNCC3)CC2)cc1.Cl.Cl. The van der Waals surface area contributed by atoms with E-state index in [9.17, 15) is 18.3 Å². The number of amides is 1. The monoisotopic (exact) mass is 554 g/mol. The van der Waals surface area contributed by atoms with Crippen LogP contribution in [0, 0.1) is 0 Å². The van der Waals surface area contributed by atoms with E-state index in [2.05, 4.69) is 46.7 Å². The summed E-state index contributed by atoms with van der Waals surface area (Å²) in [5.74, 6) is -0.565. The number of nitrogens with one attached hydrogen (secondary N) is 2. The number of rotatable bonds is 10. The molecule has 1 aromatic carbocycles. The zero-order valence-corrected chi connectivity index (χ0v) is 23.0. The number of halogens is 2. The van der Waals surface area contributed by atoms with Crippen LogP contribution in [0.1, 0.15) is 38.2 Å². The number of benzene rings is 1. The third kappa shape index (κ3) is 7.44. The van der Waals surface area contributed by atoms with Gasteiger partial charge in [0.05, 0.1) is 6.54 Å². The predicted molar refractivity (Wildman–Crippen MR) is 143 cm³/mol. The summed E-state index contributed by atoms with van der Waals surface area (Å²) < 4.78 is 32.2. The molecule has 12 heteroatoms. The molecule has 1 aromatic rings. The number of carbonyl (C=O) groups is 1. The second-order valence-corrected chi connectivity index (χ2v) is 11.1. The lowest BCUT2D eigenvalue weighted by Gasteiger charge is -2.42. The molecule has 0 radical (unpaired) electrons. The molecule has 35 heavy (non-hydrogen) atoms. The molecular weight excluding hydrogens is 515 g/mol. The first kappa shape index (κ1) is 31.9. The molecule has 2 heterocycles. The van der Waals surface area contributed by atoms with E-state index in [0.29, 0.717) is 39.3 Å². The van der Waals surface area contributed by atoms with E-state index in [-0.39, 0.29) is 44.2 Å².